The molecule has 5 nitrogen and oxygen atoms in total. The molecule has 0 atom stereocenters. The van der Waals surface area contributed by atoms with Gasteiger partial charge < -0.3 is 5.32 Å². The summed E-state index contributed by atoms with van der Waals surface area (Å²) in [5.41, 5.74) is 0. The van der Waals surface area contributed by atoms with Gasteiger partial charge >= 0.3 is 0 Å². The Labute approximate surface area is 146 Å². The highest BCUT2D eigenvalue weighted by molar-refractivity contribution is 7.89. The molecule has 1 aromatic carbocycles. The Morgan fingerprint density at radius 1 is 1.35 bits per heavy atom. The highest BCUT2D eigenvalue weighted by Gasteiger charge is 2.33. The van der Waals surface area contributed by atoms with Gasteiger partial charge in [-0.25, -0.2) is 8.42 Å². The molecule has 0 aromatic heterocycles. The van der Waals surface area contributed by atoms with E-state index in [9.17, 15) is 13.2 Å². The Balaban J connectivity index is 2.08. The minimum absolute atomic E-state index is 0.00113. The molecule has 1 saturated heterocycles. The molecule has 0 radical (unpaired) electrons. The van der Waals surface area contributed by atoms with Crippen LogP contribution in [0.3, 0.4) is 0 Å². The van der Waals surface area contributed by atoms with E-state index >= 15 is 0 Å². The van der Waals surface area contributed by atoms with E-state index in [-0.39, 0.29) is 34.8 Å². The number of hydrogen-bond donors (Lipinski definition) is 1. The van der Waals surface area contributed by atoms with Crippen molar-refractivity contribution in [1.82, 2.24) is 9.62 Å². The van der Waals surface area contributed by atoms with Crippen molar-refractivity contribution in [3.63, 3.8) is 0 Å². The number of rotatable bonds is 5. The maximum atomic E-state index is 12.7. The average Bonchev–Trinajstić information content (AvgIpc) is 2.54. The number of benzene rings is 1. The molecule has 2 rings (SSSR count). The summed E-state index contributed by atoms with van der Waals surface area (Å²) in [5.74, 6) is -0.251. The predicted octanol–water partition coefficient (Wildman–Crippen LogP) is 2.70. The number of nitrogens with zero attached hydrogens (tertiary/aromatic N) is 1. The highest BCUT2D eigenvalue weighted by Crippen LogP contribution is 2.30. The highest BCUT2D eigenvalue weighted by atomic mass is 35.5. The molecule has 8 heteroatoms. The number of carbonyl (C=O) groups is 1. The summed E-state index contributed by atoms with van der Waals surface area (Å²) in [6.07, 6.45) is 2.55. The first-order chi connectivity index (χ1) is 10.9. The number of piperidine rings is 1. The van der Waals surface area contributed by atoms with Crippen LogP contribution in [0.25, 0.3) is 0 Å². The summed E-state index contributed by atoms with van der Waals surface area (Å²) in [6.45, 7) is 4.51. The molecular formula is C15H18Cl2N2O3S. The molecule has 1 aliphatic rings. The first-order valence-electron chi connectivity index (χ1n) is 7.20. The van der Waals surface area contributed by atoms with Crippen LogP contribution in [0.15, 0.2) is 35.7 Å². The van der Waals surface area contributed by atoms with Crippen LogP contribution < -0.4 is 5.32 Å². The number of nitrogens with one attached hydrogen (secondary N) is 1. The van der Waals surface area contributed by atoms with Crippen molar-refractivity contribution in [3.8, 4) is 0 Å². The second-order valence-electron chi connectivity index (χ2n) is 5.29. The number of sulfonamides is 1. The predicted molar refractivity (Wildman–Crippen MR) is 91.2 cm³/mol. The van der Waals surface area contributed by atoms with Gasteiger partial charge in [-0.05, 0) is 31.0 Å². The Bertz CT molecular complexity index is 699. The number of hydrogen-bond acceptors (Lipinski definition) is 3. The number of amides is 1. The summed E-state index contributed by atoms with van der Waals surface area (Å²) < 4.78 is 26.7. The maximum Gasteiger partial charge on any atom is 0.244 e. The van der Waals surface area contributed by atoms with Gasteiger partial charge in [0.25, 0.3) is 0 Å². The Kier molecular flexibility index (Phi) is 6.08. The van der Waals surface area contributed by atoms with E-state index in [0.29, 0.717) is 24.4 Å². The van der Waals surface area contributed by atoms with Gasteiger partial charge in [-0.3, -0.25) is 4.79 Å². The quantitative estimate of drug-likeness (QED) is 0.803. The molecule has 23 heavy (non-hydrogen) atoms. The Hall–Kier alpha value is -1.08. The summed E-state index contributed by atoms with van der Waals surface area (Å²) in [4.78, 5) is 11.9. The van der Waals surface area contributed by atoms with Crippen molar-refractivity contribution in [2.45, 2.75) is 17.7 Å². The van der Waals surface area contributed by atoms with E-state index in [1.807, 2.05) is 0 Å². The van der Waals surface area contributed by atoms with Crippen LogP contribution in [0.4, 0.5) is 0 Å². The monoisotopic (exact) mass is 376 g/mol. The molecule has 0 bridgehead atoms. The lowest BCUT2D eigenvalue weighted by molar-refractivity contribution is -0.125. The van der Waals surface area contributed by atoms with Gasteiger partial charge in [0, 0.05) is 30.6 Å². The van der Waals surface area contributed by atoms with E-state index in [2.05, 4.69) is 11.9 Å². The minimum Gasteiger partial charge on any atom is -0.352 e. The summed E-state index contributed by atoms with van der Waals surface area (Å²) in [5, 5.41) is 3.19. The summed E-state index contributed by atoms with van der Waals surface area (Å²) in [7, 11) is -3.71. The third kappa shape index (κ3) is 4.26. The molecule has 126 valence electrons. The number of halogens is 2. The van der Waals surface area contributed by atoms with Crippen molar-refractivity contribution in [2.75, 3.05) is 19.6 Å². The van der Waals surface area contributed by atoms with Gasteiger partial charge in [0.1, 0.15) is 4.90 Å². The van der Waals surface area contributed by atoms with Crippen LogP contribution >= 0.6 is 23.2 Å². The molecule has 0 unspecified atom stereocenters. The zero-order valence-electron chi connectivity index (χ0n) is 12.5. The van der Waals surface area contributed by atoms with E-state index in [0.717, 1.165) is 0 Å². The van der Waals surface area contributed by atoms with Gasteiger partial charge in [0.15, 0.2) is 0 Å². The van der Waals surface area contributed by atoms with Crippen LogP contribution in [-0.2, 0) is 14.8 Å². The van der Waals surface area contributed by atoms with Crippen LogP contribution in [0.1, 0.15) is 12.8 Å². The van der Waals surface area contributed by atoms with Crippen LogP contribution in [0.5, 0.6) is 0 Å². The van der Waals surface area contributed by atoms with Gasteiger partial charge in [-0.2, -0.15) is 4.31 Å². The number of carbonyl (C=O) groups excluding carboxylic acids is 1. The third-order valence-electron chi connectivity index (χ3n) is 3.76. The lowest BCUT2D eigenvalue weighted by atomic mass is 9.97. The minimum atomic E-state index is -3.71. The van der Waals surface area contributed by atoms with Gasteiger partial charge in [-0.15, -0.1) is 6.58 Å². The average molecular weight is 377 g/mol. The largest absolute Gasteiger partial charge is 0.352 e. The summed E-state index contributed by atoms with van der Waals surface area (Å²) >= 11 is 11.9. The zero-order chi connectivity index (χ0) is 17.0. The SMILES string of the molecule is C=CCNC(=O)C1CCN(S(=O)(=O)c2cc(Cl)ccc2Cl)CC1. The van der Waals surface area contributed by atoms with Crippen LogP contribution in [0, 0.1) is 5.92 Å². The Morgan fingerprint density at radius 2 is 2.00 bits per heavy atom. The van der Waals surface area contributed by atoms with Crippen molar-refractivity contribution in [1.29, 1.82) is 0 Å². The van der Waals surface area contributed by atoms with Gasteiger partial charge in [0.05, 0.1) is 5.02 Å². The molecule has 1 aliphatic heterocycles. The zero-order valence-corrected chi connectivity index (χ0v) is 14.8. The second kappa shape index (κ2) is 7.66. The normalized spacial score (nSPS) is 17.0. The first-order valence-corrected chi connectivity index (χ1v) is 9.39. The molecule has 1 fully saturated rings. The fraction of sp³-hybridized carbons (Fsp3) is 0.400. The van der Waals surface area contributed by atoms with E-state index in [4.69, 9.17) is 23.2 Å². The van der Waals surface area contributed by atoms with Crippen LogP contribution in [-0.4, -0.2) is 38.3 Å². The molecule has 0 saturated carbocycles. The maximum absolute atomic E-state index is 12.7. The lowest BCUT2D eigenvalue weighted by Crippen LogP contribution is -2.43. The molecule has 1 heterocycles. The van der Waals surface area contributed by atoms with Crippen molar-refractivity contribution < 1.29 is 13.2 Å². The fourth-order valence-corrected chi connectivity index (χ4v) is 4.70. The standard InChI is InChI=1S/C15H18Cl2N2O3S/c1-2-7-18-15(20)11-5-8-19(9-6-11)23(21,22)14-10-12(16)3-4-13(14)17/h2-4,10-11H,1,5-9H2,(H,18,20). The Morgan fingerprint density at radius 3 is 2.61 bits per heavy atom. The topological polar surface area (TPSA) is 66.5 Å². The fourth-order valence-electron chi connectivity index (χ4n) is 2.49. The molecular weight excluding hydrogens is 359 g/mol. The van der Waals surface area contributed by atoms with E-state index in [1.54, 1.807) is 12.1 Å². The van der Waals surface area contributed by atoms with Crippen LogP contribution in [0.2, 0.25) is 10.0 Å². The first kappa shape index (κ1) is 18.3. The second-order valence-corrected chi connectivity index (χ2v) is 8.04. The van der Waals surface area contributed by atoms with Crippen molar-refractivity contribution in [3.05, 3.63) is 40.9 Å². The molecule has 1 aromatic rings. The summed E-state index contributed by atoms with van der Waals surface area (Å²) in [6, 6.07) is 4.35. The van der Waals surface area contributed by atoms with Gasteiger partial charge in [0.2, 0.25) is 15.9 Å². The molecule has 0 spiro atoms. The molecule has 0 aliphatic carbocycles. The van der Waals surface area contributed by atoms with Crippen molar-refractivity contribution in [2.24, 2.45) is 5.92 Å². The molecule has 1 N–H and O–H groups in total. The van der Waals surface area contributed by atoms with E-state index < -0.39 is 10.0 Å². The molecule has 1 amide bonds. The lowest BCUT2D eigenvalue weighted by Gasteiger charge is -2.30. The van der Waals surface area contributed by atoms with E-state index in [1.165, 1.54) is 16.4 Å². The smallest absolute Gasteiger partial charge is 0.244 e. The third-order valence-corrected chi connectivity index (χ3v) is 6.37. The van der Waals surface area contributed by atoms with Crippen molar-refractivity contribution >= 4 is 39.1 Å². The van der Waals surface area contributed by atoms with Gasteiger partial charge in [-0.1, -0.05) is 29.3 Å².